The summed E-state index contributed by atoms with van der Waals surface area (Å²) in [6, 6.07) is 26.7. The van der Waals surface area contributed by atoms with Gasteiger partial charge in [-0.15, -0.1) is 0 Å². The van der Waals surface area contributed by atoms with Crippen LogP contribution in [0.1, 0.15) is 113 Å². The van der Waals surface area contributed by atoms with Gasteiger partial charge in [-0.05, 0) is 101 Å². The molecule has 299 valence electrons. The van der Waals surface area contributed by atoms with E-state index in [1.807, 2.05) is 28.9 Å². The van der Waals surface area contributed by atoms with E-state index in [4.69, 9.17) is 0 Å². The summed E-state index contributed by atoms with van der Waals surface area (Å²) in [6.07, 6.45) is 23.8. The molecule has 11 heteroatoms. The summed E-state index contributed by atoms with van der Waals surface area (Å²) >= 11 is 2.48. The molecular weight excluding hydrogens is 811 g/mol. The molecule has 0 unspecified atom stereocenters. The summed E-state index contributed by atoms with van der Waals surface area (Å²) in [5, 5.41) is 42.5. The molecule has 2 N–H and O–H groups in total. The molecule has 0 aromatic heterocycles. The molecule has 4 aromatic rings. The number of anilines is 1. The first-order valence-corrected chi connectivity index (χ1v) is 23.0. The Bertz CT molecular complexity index is 1720. The number of phenols is 2. The fourth-order valence-electron chi connectivity index (χ4n) is 8.74. The summed E-state index contributed by atoms with van der Waals surface area (Å²) in [4.78, 5) is 22.8. The zero-order chi connectivity index (χ0) is 39.7. The minimum atomic E-state index is -0.553. The third-order valence-electron chi connectivity index (χ3n) is 11.5. The third-order valence-corrected chi connectivity index (χ3v) is 16.7. The number of hydrogen-bond donors (Lipinski definition) is 2. The molecule has 0 spiro atoms. The van der Waals surface area contributed by atoms with Crippen LogP contribution in [-0.4, -0.2) is 41.6 Å². The van der Waals surface area contributed by atoms with E-state index < -0.39 is 9.85 Å². The predicted molar refractivity (Wildman–Crippen MR) is 226 cm³/mol. The van der Waals surface area contributed by atoms with Crippen LogP contribution in [-0.2, 0) is 30.9 Å². The maximum atomic E-state index is 11.1. The molecule has 0 amide bonds. The van der Waals surface area contributed by atoms with Crippen molar-refractivity contribution in [3.8, 4) is 11.5 Å². The molecule has 3 aliphatic carbocycles. The van der Waals surface area contributed by atoms with Gasteiger partial charge < -0.3 is 15.1 Å². The molecule has 0 saturated heterocycles. The van der Waals surface area contributed by atoms with Crippen LogP contribution in [0.15, 0.2) is 97.1 Å². The van der Waals surface area contributed by atoms with E-state index in [1.54, 1.807) is 125 Å². The molecule has 0 aliphatic heterocycles. The van der Waals surface area contributed by atoms with Crippen LogP contribution in [0.4, 0.5) is 17.1 Å². The number of para-hydroxylation sites is 1. The van der Waals surface area contributed by atoms with E-state index in [2.05, 4.69) is 30.0 Å². The number of hydrogen-bond acceptors (Lipinski definition) is 7. The van der Waals surface area contributed by atoms with Crippen molar-refractivity contribution in [3.05, 3.63) is 134 Å². The van der Waals surface area contributed by atoms with E-state index >= 15 is 0 Å². The quantitative estimate of drug-likeness (QED) is 0.0664. The van der Waals surface area contributed by atoms with Crippen molar-refractivity contribution in [1.29, 1.82) is 0 Å². The number of nitro groups is 2. The number of nitrogens with zero attached hydrogens (tertiary/aromatic N) is 3. The Hall–Kier alpha value is -4.00. The topological polar surface area (TPSA) is 130 Å². The Morgan fingerprint density at radius 3 is 1.30 bits per heavy atom. The molecule has 9 nitrogen and oxygen atoms in total. The maximum absolute atomic E-state index is 11.1. The number of nitro benzene ring substituents is 2. The Kier molecular flexibility index (Phi) is 17.5. The first-order valence-electron chi connectivity index (χ1n) is 20.3. The Morgan fingerprint density at radius 2 is 0.964 bits per heavy atom. The average Bonchev–Trinajstić information content (AvgIpc) is 3.24. The van der Waals surface area contributed by atoms with Gasteiger partial charge in [0, 0.05) is 62.1 Å². The number of non-ortho nitro benzene ring substituents is 2. The zero-order valence-corrected chi connectivity index (χ0v) is 35.0. The molecule has 3 fully saturated rings. The Balaban J connectivity index is 0.000000188. The summed E-state index contributed by atoms with van der Waals surface area (Å²) in [7, 11) is -0.0465. The Morgan fingerprint density at radius 1 is 0.589 bits per heavy atom. The zero-order valence-electron chi connectivity index (χ0n) is 32.3. The molecule has 7 rings (SSSR count). The molecule has 3 aliphatic rings. The average molecular weight is 868 g/mol. The second-order valence-corrected chi connectivity index (χ2v) is 19.3. The molecule has 0 bridgehead atoms. The fourth-order valence-corrected chi connectivity index (χ4v) is 14.3. The van der Waals surface area contributed by atoms with E-state index in [0.717, 1.165) is 0 Å². The molecule has 0 atom stereocenters. The van der Waals surface area contributed by atoms with E-state index in [9.17, 15) is 30.4 Å². The number of rotatable bonds is 11. The second kappa shape index (κ2) is 22.7. The van der Waals surface area contributed by atoms with Crippen molar-refractivity contribution in [3.63, 3.8) is 0 Å². The van der Waals surface area contributed by atoms with Crippen molar-refractivity contribution < 1.29 is 37.9 Å². The molecule has 0 heterocycles. The van der Waals surface area contributed by atoms with Gasteiger partial charge in [0.1, 0.15) is 11.5 Å². The SMILES string of the molecule is C1CCC([PH+](C2CCCCC2)C2CCCCC2)CC1.O=[N+]([O-])c1ccc(O)c(CN(Cc2cc([N+](=O)[O-])ccc2O)c2ccccc2)c1.[Ru+]=[CH]c1ccccc1. The summed E-state index contributed by atoms with van der Waals surface area (Å²) in [5.74, 6) is -0.223. The van der Waals surface area contributed by atoms with Gasteiger partial charge in [-0.3, -0.25) is 20.2 Å². The fraction of sp³-hybridized carbons (Fsp3) is 0.444. The summed E-state index contributed by atoms with van der Waals surface area (Å²) < 4.78 is 2.01. The van der Waals surface area contributed by atoms with Crippen molar-refractivity contribution in [2.24, 2.45) is 0 Å². The van der Waals surface area contributed by atoms with Crippen molar-refractivity contribution in [1.82, 2.24) is 0 Å². The standard InChI is InChI=1S/C20H17N3O6.C18H33P.C7H6.Ru/c24-19-8-6-17(22(26)27)10-14(19)12-21(16-4-2-1-3-5-16)13-15-11-18(23(28)29)7-9-20(15)25;1-4-10-16(11-5-1)19(17-12-6-2-7-13-17)18-14-8-3-9-15-18;1-7-5-3-2-4-6-7;/h1-11,24-25H,12-13H2;16-18H,1-15H2;1-6H;/q;;;+1/p+1. The van der Waals surface area contributed by atoms with Gasteiger partial charge in [0.15, 0.2) is 0 Å². The first-order chi connectivity index (χ1) is 27.2. The van der Waals surface area contributed by atoms with Gasteiger partial charge in [-0.1, -0.05) is 37.5 Å². The van der Waals surface area contributed by atoms with Crippen LogP contribution in [0.5, 0.6) is 11.5 Å². The molecule has 56 heavy (non-hydrogen) atoms. The number of phenolic OH excluding ortho intramolecular Hbond substituents is 2. The molecular formula is C45H57N3O6PRu+2. The van der Waals surface area contributed by atoms with E-state index in [1.165, 1.54) is 58.9 Å². The first kappa shape index (κ1) is 43.1. The van der Waals surface area contributed by atoms with Crippen LogP contribution in [0.2, 0.25) is 0 Å². The van der Waals surface area contributed by atoms with Gasteiger partial charge in [0.05, 0.1) is 26.8 Å². The molecule has 3 saturated carbocycles. The third kappa shape index (κ3) is 13.0. The predicted octanol–water partition coefficient (Wildman–Crippen LogP) is 11.7. The van der Waals surface area contributed by atoms with Gasteiger partial charge in [0.2, 0.25) is 0 Å². The summed E-state index contributed by atoms with van der Waals surface area (Å²) in [6.45, 7) is 0.166. The van der Waals surface area contributed by atoms with Crippen molar-refractivity contribution in [2.75, 3.05) is 4.90 Å². The summed E-state index contributed by atoms with van der Waals surface area (Å²) in [5.41, 5.74) is 5.95. The van der Waals surface area contributed by atoms with Crippen molar-refractivity contribution >= 4 is 29.6 Å². The van der Waals surface area contributed by atoms with Crippen LogP contribution in [0.3, 0.4) is 0 Å². The van der Waals surface area contributed by atoms with Crippen LogP contribution in [0, 0.1) is 20.2 Å². The Labute approximate surface area is 342 Å². The van der Waals surface area contributed by atoms with Gasteiger partial charge in [0.25, 0.3) is 11.4 Å². The van der Waals surface area contributed by atoms with E-state index in [0.29, 0.717) is 16.8 Å². The van der Waals surface area contributed by atoms with Crippen LogP contribution in [0.25, 0.3) is 0 Å². The minimum absolute atomic E-state index is 0.0465. The van der Waals surface area contributed by atoms with E-state index in [-0.39, 0.29) is 43.9 Å². The van der Waals surface area contributed by atoms with Crippen molar-refractivity contribution in [2.45, 2.75) is 126 Å². The number of aromatic hydroxyl groups is 2. The second-order valence-electron chi connectivity index (χ2n) is 15.3. The van der Waals surface area contributed by atoms with Gasteiger partial charge in [-0.25, -0.2) is 0 Å². The molecule has 0 radical (unpaired) electrons. The molecule has 4 aromatic carbocycles. The number of benzene rings is 4. The van der Waals surface area contributed by atoms with Gasteiger partial charge in [-0.2, -0.15) is 0 Å². The normalized spacial score (nSPS) is 16.4. The van der Waals surface area contributed by atoms with Crippen LogP contribution >= 0.6 is 7.92 Å². The van der Waals surface area contributed by atoms with Gasteiger partial charge >= 0.3 is 58.4 Å². The van der Waals surface area contributed by atoms with Crippen LogP contribution < -0.4 is 4.90 Å². The monoisotopic (exact) mass is 868 g/mol.